The largest absolute Gasteiger partial charge is 0.497 e. The van der Waals surface area contributed by atoms with E-state index in [4.69, 9.17) is 9.47 Å². The lowest BCUT2D eigenvalue weighted by Gasteiger charge is -2.42. The number of hydrogen-bond acceptors (Lipinski definition) is 6. The fourth-order valence-corrected chi connectivity index (χ4v) is 4.28. The lowest BCUT2D eigenvalue weighted by atomic mass is 9.82. The van der Waals surface area contributed by atoms with E-state index < -0.39 is 0 Å². The number of aromatic nitrogens is 2. The maximum atomic E-state index is 13.4. The molecule has 2 aromatic rings. The van der Waals surface area contributed by atoms with Gasteiger partial charge in [0.25, 0.3) is 5.91 Å². The van der Waals surface area contributed by atoms with Crippen LogP contribution >= 0.6 is 0 Å². The molecule has 3 heterocycles. The van der Waals surface area contributed by atoms with E-state index in [1.165, 1.54) is 11.1 Å². The van der Waals surface area contributed by atoms with E-state index >= 15 is 0 Å². The van der Waals surface area contributed by atoms with Crippen molar-refractivity contribution in [3.05, 3.63) is 47.3 Å². The van der Waals surface area contributed by atoms with Gasteiger partial charge in [0.2, 0.25) is 5.95 Å². The van der Waals surface area contributed by atoms with Crippen LogP contribution in [0.1, 0.15) is 34.3 Å². The van der Waals surface area contributed by atoms with Gasteiger partial charge in [-0.25, -0.2) is 9.97 Å². The summed E-state index contributed by atoms with van der Waals surface area (Å²) in [5.41, 5.74) is 2.97. The molecule has 1 aromatic heterocycles. The Morgan fingerprint density at radius 1 is 1.17 bits per heavy atom. The van der Waals surface area contributed by atoms with Gasteiger partial charge in [-0.2, -0.15) is 0 Å². The second-order valence-electron chi connectivity index (χ2n) is 7.96. The third kappa shape index (κ3) is 4.05. The number of carbonyl (C=O) groups excluding carboxylic acids is 1. The molecule has 0 radical (unpaired) electrons. The topological polar surface area (TPSA) is 67.8 Å². The second-order valence-corrected chi connectivity index (χ2v) is 7.96. The minimum atomic E-state index is -0.00624. The van der Waals surface area contributed by atoms with E-state index in [2.05, 4.69) is 22.1 Å². The molecule has 1 amide bonds. The summed E-state index contributed by atoms with van der Waals surface area (Å²) in [6.07, 6.45) is 6.05. The number of fused-ring (bicyclic) bond motifs is 1. The van der Waals surface area contributed by atoms with Gasteiger partial charge in [-0.1, -0.05) is 6.07 Å². The molecule has 2 aliphatic heterocycles. The van der Waals surface area contributed by atoms with E-state index in [0.717, 1.165) is 38.2 Å². The predicted molar refractivity (Wildman–Crippen MR) is 110 cm³/mol. The fraction of sp³-hybridized carbons (Fsp3) is 0.500. The monoisotopic (exact) mass is 396 g/mol. The van der Waals surface area contributed by atoms with Crippen LogP contribution in [0.4, 0.5) is 5.95 Å². The molecule has 1 aromatic carbocycles. The minimum absolute atomic E-state index is 0.00624. The Bertz CT molecular complexity index is 863. The minimum Gasteiger partial charge on any atom is -0.497 e. The van der Waals surface area contributed by atoms with Crippen LogP contribution in [0.25, 0.3) is 0 Å². The Kier molecular flexibility index (Phi) is 5.67. The van der Waals surface area contributed by atoms with Crippen LogP contribution in [0.2, 0.25) is 0 Å². The van der Waals surface area contributed by atoms with Crippen molar-refractivity contribution in [3.63, 3.8) is 0 Å². The van der Waals surface area contributed by atoms with Crippen molar-refractivity contribution in [2.24, 2.45) is 5.92 Å². The van der Waals surface area contributed by atoms with Gasteiger partial charge in [-0.05, 0) is 48.4 Å². The highest BCUT2D eigenvalue weighted by molar-refractivity contribution is 5.94. The van der Waals surface area contributed by atoms with Crippen LogP contribution in [0.5, 0.6) is 5.75 Å². The van der Waals surface area contributed by atoms with Gasteiger partial charge in [0.05, 0.1) is 12.7 Å². The van der Waals surface area contributed by atoms with Gasteiger partial charge >= 0.3 is 0 Å². The zero-order chi connectivity index (χ0) is 20.4. The first-order valence-electron chi connectivity index (χ1n) is 10.1. The van der Waals surface area contributed by atoms with Crippen molar-refractivity contribution >= 4 is 11.9 Å². The quantitative estimate of drug-likeness (QED) is 0.791. The highest BCUT2D eigenvalue weighted by atomic mass is 16.5. The molecule has 7 nitrogen and oxygen atoms in total. The summed E-state index contributed by atoms with van der Waals surface area (Å²) in [5.74, 6) is 1.88. The van der Waals surface area contributed by atoms with Gasteiger partial charge in [0.15, 0.2) is 0 Å². The van der Waals surface area contributed by atoms with Gasteiger partial charge in [-0.3, -0.25) is 4.79 Å². The van der Waals surface area contributed by atoms with E-state index in [-0.39, 0.29) is 11.9 Å². The van der Waals surface area contributed by atoms with E-state index in [9.17, 15) is 4.79 Å². The van der Waals surface area contributed by atoms with Crippen LogP contribution in [0, 0.1) is 5.92 Å². The van der Waals surface area contributed by atoms with E-state index in [1.54, 1.807) is 19.5 Å². The second kappa shape index (κ2) is 8.37. The molecule has 0 bridgehead atoms. The summed E-state index contributed by atoms with van der Waals surface area (Å²) in [4.78, 5) is 25.9. The number of hydrogen-bond donors (Lipinski definition) is 0. The molecule has 0 saturated carbocycles. The van der Waals surface area contributed by atoms with Crippen molar-refractivity contribution in [1.29, 1.82) is 0 Å². The zero-order valence-corrected chi connectivity index (χ0v) is 17.3. The molecular formula is C22H28N4O3. The van der Waals surface area contributed by atoms with E-state index in [1.807, 2.05) is 30.0 Å². The third-order valence-corrected chi connectivity index (χ3v) is 5.94. The lowest BCUT2D eigenvalue weighted by Crippen LogP contribution is -2.49. The Balaban J connectivity index is 1.64. The van der Waals surface area contributed by atoms with Crippen LogP contribution in [0.3, 0.4) is 0 Å². The molecule has 7 heteroatoms. The number of ether oxygens (including phenoxy) is 2. The fourth-order valence-electron chi connectivity index (χ4n) is 4.28. The third-order valence-electron chi connectivity index (χ3n) is 5.94. The van der Waals surface area contributed by atoms with Gasteiger partial charge in [-0.15, -0.1) is 0 Å². The van der Waals surface area contributed by atoms with Crippen LogP contribution in [0.15, 0.2) is 30.6 Å². The number of benzene rings is 1. The standard InChI is InChI=1S/C22H28N4O3/c1-25(2)22-23-12-18(13-24-22)21(27)26-14-16-4-5-19(28-3)10-17(16)11-20(26)15-6-8-29-9-7-15/h4-5,10,12-13,15,20H,6-9,11,14H2,1-3H3/t20-/m1/s1. The first-order valence-corrected chi connectivity index (χ1v) is 10.1. The van der Waals surface area contributed by atoms with Gasteiger partial charge in [0.1, 0.15) is 5.75 Å². The lowest BCUT2D eigenvalue weighted by molar-refractivity contribution is 0.0179. The van der Waals surface area contributed by atoms with E-state index in [0.29, 0.717) is 24.0 Å². The number of methoxy groups -OCH3 is 1. The molecule has 1 saturated heterocycles. The molecule has 154 valence electrons. The smallest absolute Gasteiger partial charge is 0.257 e. The molecular weight excluding hydrogens is 368 g/mol. The number of amides is 1. The molecule has 4 rings (SSSR count). The number of rotatable bonds is 4. The first kappa shape index (κ1) is 19.6. The molecule has 2 aliphatic rings. The van der Waals surface area contributed by atoms with Crippen molar-refractivity contribution < 1.29 is 14.3 Å². The number of anilines is 1. The molecule has 1 atom stereocenters. The summed E-state index contributed by atoms with van der Waals surface area (Å²) in [6, 6.07) is 6.28. The predicted octanol–water partition coefficient (Wildman–Crippen LogP) is 2.54. The Morgan fingerprint density at radius 3 is 2.55 bits per heavy atom. The van der Waals surface area contributed by atoms with Crippen LogP contribution in [-0.4, -0.2) is 61.2 Å². The summed E-state index contributed by atoms with van der Waals surface area (Å²) in [6.45, 7) is 2.11. The SMILES string of the molecule is COc1ccc2c(c1)C[C@H](C1CCOCC1)N(C(=O)c1cnc(N(C)C)nc1)C2. The van der Waals surface area contributed by atoms with Crippen molar-refractivity contribution in [3.8, 4) is 5.75 Å². The summed E-state index contributed by atoms with van der Waals surface area (Å²) in [5, 5.41) is 0. The Hall–Kier alpha value is -2.67. The van der Waals surface area contributed by atoms with Gasteiger partial charge in [0, 0.05) is 52.3 Å². The maximum absolute atomic E-state index is 13.4. The number of carbonyl (C=O) groups is 1. The molecule has 0 spiro atoms. The highest BCUT2D eigenvalue weighted by Crippen LogP contribution is 2.34. The molecule has 0 aliphatic carbocycles. The highest BCUT2D eigenvalue weighted by Gasteiger charge is 2.36. The number of nitrogens with zero attached hydrogens (tertiary/aromatic N) is 4. The Morgan fingerprint density at radius 2 is 1.90 bits per heavy atom. The Labute approximate surface area is 171 Å². The maximum Gasteiger partial charge on any atom is 0.257 e. The van der Waals surface area contributed by atoms with Gasteiger partial charge < -0.3 is 19.3 Å². The van der Waals surface area contributed by atoms with Crippen molar-refractivity contribution in [2.75, 3.05) is 39.3 Å². The summed E-state index contributed by atoms with van der Waals surface area (Å²) in [7, 11) is 5.45. The summed E-state index contributed by atoms with van der Waals surface area (Å²) < 4.78 is 11.0. The first-order chi connectivity index (χ1) is 14.1. The molecule has 0 N–H and O–H groups in total. The van der Waals surface area contributed by atoms with Crippen molar-refractivity contribution in [1.82, 2.24) is 14.9 Å². The zero-order valence-electron chi connectivity index (χ0n) is 17.3. The molecule has 1 fully saturated rings. The van der Waals surface area contributed by atoms with Crippen molar-refractivity contribution in [2.45, 2.75) is 31.8 Å². The summed E-state index contributed by atoms with van der Waals surface area (Å²) >= 11 is 0. The molecule has 0 unspecified atom stereocenters. The molecule has 29 heavy (non-hydrogen) atoms. The van der Waals surface area contributed by atoms with Crippen LogP contribution < -0.4 is 9.64 Å². The normalized spacial score (nSPS) is 19.6. The average molecular weight is 396 g/mol. The average Bonchev–Trinajstić information content (AvgIpc) is 2.78. The van der Waals surface area contributed by atoms with Crippen LogP contribution in [-0.2, 0) is 17.7 Å².